The summed E-state index contributed by atoms with van der Waals surface area (Å²) in [5.74, 6) is -0.864. The lowest BCUT2D eigenvalue weighted by Crippen LogP contribution is -2.46. The van der Waals surface area contributed by atoms with Crippen molar-refractivity contribution in [1.29, 1.82) is 0 Å². The number of unbranched alkanes of at least 4 members (excludes halogenated alkanes) is 1. The van der Waals surface area contributed by atoms with Crippen molar-refractivity contribution in [2.45, 2.75) is 64.3 Å². The second-order valence-electron chi connectivity index (χ2n) is 8.57. The molecule has 0 saturated carbocycles. The number of fused-ring (bicyclic) bond motifs is 1. The fourth-order valence-electron chi connectivity index (χ4n) is 3.61. The number of carbonyl (C=O) groups is 1. The first-order valence-electron chi connectivity index (χ1n) is 11.5. The lowest BCUT2D eigenvalue weighted by atomic mass is 10.0. The van der Waals surface area contributed by atoms with Crippen LogP contribution in [0.2, 0.25) is 0 Å². The zero-order valence-corrected chi connectivity index (χ0v) is 20.8. The lowest BCUT2D eigenvalue weighted by Gasteiger charge is -2.22. The number of hydrogen-bond donors (Lipinski definition) is 1. The van der Waals surface area contributed by atoms with E-state index in [0.29, 0.717) is 12.0 Å². The number of sulfonamides is 1. The van der Waals surface area contributed by atoms with Gasteiger partial charge in [0.25, 0.3) is 0 Å². The molecule has 3 rings (SSSR count). The summed E-state index contributed by atoms with van der Waals surface area (Å²) in [6, 6.07) is 11.7. The van der Waals surface area contributed by atoms with Crippen LogP contribution in [0.25, 0.3) is 11.0 Å². The Balaban J connectivity index is 1.86. The van der Waals surface area contributed by atoms with Crippen molar-refractivity contribution >= 4 is 27.0 Å². The molecular formula is C26H31NO6S. The monoisotopic (exact) mass is 485 g/mol. The summed E-state index contributed by atoms with van der Waals surface area (Å²) in [5.41, 5.74) is 1.67. The van der Waals surface area contributed by atoms with Crippen molar-refractivity contribution in [3.8, 4) is 5.75 Å². The molecule has 0 spiro atoms. The van der Waals surface area contributed by atoms with Gasteiger partial charge in [0.1, 0.15) is 17.4 Å². The largest absolute Gasteiger partial charge is 0.425 e. The number of benzene rings is 2. The first-order chi connectivity index (χ1) is 16.1. The Labute approximate surface area is 200 Å². The van der Waals surface area contributed by atoms with Gasteiger partial charge in [0.2, 0.25) is 10.0 Å². The summed E-state index contributed by atoms with van der Waals surface area (Å²) in [7, 11) is -3.93. The van der Waals surface area contributed by atoms with Crippen molar-refractivity contribution < 1.29 is 22.4 Å². The van der Waals surface area contributed by atoms with Crippen LogP contribution < -0.4 is 15.1 Å². The standard InChI is InChI=1S/C26H31NO6S/c1-5-7-8-19-15-24(28)33-23-16-20(11-14-22(19)23)32-26(29)25(18(4)6-2)27-34(30,31)21-12-9-17(3)10-13-21/h9-16,18,25,27H,5-8H2,1-4H3/t18-,25+/m0/s1. The SMILES string of the molecule is CCCCc1cc(=O)oc2cc(OC(=O)[C@H](NS(=O)(=O)c3ccc(C)cc3)[C@@H](C)CC)ccc12. The van der Waals surface area contributed by atoms with Crippen molar-refractivity contribution in [2.24, 2.45) is 5.92 Å². The third-order valence-electron chi connectivity index (χ3n) is 5.90. The van der Waals surface area contributed by atoms with E-state index in [1.54, 1.807) is 31.2 Å². The van der Waals surface area contributed by atoms with Crippen molar-refractivity contribution in [1.82, 2.24) is 4.72 Å². The minimum atomic E-state index is -3.93. The molecule has 0 amide bonds. The normalized spacial score (nSPS) is 13.5. The molecule has 1 heterocycles. The summed E-state index contributed by atoms with van der Waals surface area (Å²) in [6.45, 7) is 7.59. The summed E-state index contributed by atoms with van der Waals surface area (Å²) < 4.78 is 39.2. The third-order valence-corrected chi connectivity index (χ3v) is 7.36. The molecule has 3 aromatic rings. The fraction of sp³-hybridized carbons (Fsp3) is 0.385. The van der Waals surface area contributed by atoms with E-state index in [2.05, 4.69) is 11.6 Å². The topological polar surface area (TPSA) is 103 Å². The van der Waals surface area contributed by atoms with Crippen LogP contribution in [-0.2, 0) is 21.2 Å². The van der Waals surface area contributed by atoms with E-state index in [0.717, 1.165) is 35.8 Å². The Hall–Kier alpha value is -2.97. The first-order valence-corrected chi connectivity index (χ1v) is 13.0. The molecule has 1 N–H and O–H groups in total. The second-order valence-corrected chi connectivity index (χ2v) is 10.3. The molecule has 0 radical (unpaired) electrons. The van der Waals surface area contributed by atoms with Gasteiger partial charge in [-0.2, -0.15) is 4.72 Å². The maximum atomic E-state index is 13.0. The second kappa shape index (κ2) is 11.0. The highest BCUT2D eigenvalue weighted by Crippen LogP contribution is 2.25. The van der Waals surface area contributed by atoms with Crippen LogP contribution in [-0.4, -0.2) is 20.4 Å². The van der Waals surface area contributed by atoms with E-state index in [4.69, 9.17) is 9.15 Å². The van der Waals surface area contributed by atoms with Crippen LogP contribution in [0.15, 0.2) is 62.6 Å². The molecule has 0 fully saturated rings. The predicted molar refractivity (Wildman–Crippen MR) is 131 cm³/mol. The van der Waals surface area contributed by atoms with Crippen LogP contribution in [0.1, 0.15) is 51.2 Å². The number of nitrogens with one attached hydrogen (secondary N) is 1. The molecule has 2 atom stereocenters. The van der Waals surface area contributed by atoms with Crippen molar-refractivity contribution in [3.05, 3.63) is 70.1 Å². The Bertz CT molecular complexity index is 1310. The van der Waals surface area contributed by atoms with E-state index in [9.17, 15) is 18.0 Å². The predicted octanol–water partition coefficient (Wildman–Crippen LogP) is 4.74. The molecule has 0 aliphatic rings. The number of carbonyl (C=O) groups excluding carboxylic acids is 1. The number of ether oxygens (including phenoxy) is 1. The summed E-state index contributed by atoms with van der Waals surface area (Å²) >= 11 is 0. The fourth-order valence-corrected chi connectivity index (χ4v) is 4.91. The lowest BCUT2D eigenvalue weighted by molar-refractivity contribution is -0.137. The average Bonchev–Trinajstić information content (AvgIpc) is 2.80. The van der Waals surface area contributed by atoms with Gasteiger partial charge in [0.15, 0.2) is 0 Å². The van der Waals surface area contributed by atoms with Gasteiger partial charge in [-0.1, -0.05) is 51.3 Å². The van der Waals surface area contributed by atoms with E-state index < -0.39 is 27.7 Å². The van der Waals surface area contributed by atoms with E-state index >= 15 is 0 Å². The van der Waals surface area contributed by atoms with Crippen molar-refractivity contribution in [2.75, 3.05) is 0 Å². The van der Waals surface area contributed by atoms with Crippen LogP contribution in [0, 0.1) is 12.8 Å². The van der Waals surface area contributed by atoms with Crippen LogP contribution in [0.5, 0.6) is 5.75 Å². The van der Waals surface area contributed by atoms with Crippen LogP contribution in [0.4, 0.5) is 0 Å². The Morgan fingerprint density at radius 3 is 2.44 bits per heavy atom. The molecule has 0 unspecified atom stereocenters. The van der Waals surface area contributed by atoms with Gasteiger partial charge in [0.05, 0.1) is 4.90 Å². The smallest absolute Gasteiger partial charge is 0.336 e. The molecule has 2 aromatic carbocycles. The zero-order chi connectivity index (χ0) is 24.9. The summed E-state index contributed by atoms with van der Waals surface area (Å²) in [6.07, 6.45) is 3.23. The molecule has 0 bridgehead atoms. The molecule has 34 heavy (non-hydrogen) atoms. The van der Waals surface area contributed by atoms with Gasteiger partial charge >= 0.3 is 11.6 Å². The highest BCUT2D eigenvalue weighted by molar-refractivity contribution is 7.89. The first kappa shape index (κ1) is 25.6. The van der Waals surface area contributed by atoms with Gasteiger partial charge in [-0.25, -0.2) is 18.0 Å². The van der Waals surface area contributed by atoms with E-state index in [-0.39, 0.29) is 16.6 Å². The Morgan fingerprint density at radius 1 is 1.09 bits per heavy atom. The van der Waals surface area contributed by atoms with Crippen LogP contribution in [0.3, 0.4) is 0 Å². The molecule has 0 aliphatic heterocycles. The number of esters is 1. The van der Waals surface area contributed by atoms with Gasteiger partial charge < -0.3 is 9.15 Å². The average molecular weight is 486 g/mol. The Kier molecular flexibility index (Phi) is 8.28. The molecule has 1 aromatic heterocycles. The van der Waals surface area contributed by atoms with Crippen LogP contribution >= 0.6 is 0 Å². The molecule has 7 nitrogen and oxygen atoms in total. The minimum Gasteiger partial charge on any atom is -0.425 e. The summed E-state index contributed by atoms with van der Waals surface area (Å²) in [4.78, 5) is 25.1. The molecule has 0 saturated heterocycles. The van der Waals surface area contributed by atoms with Gasteiger partial charge in [0, 0.05) is 17.5 Å². The van der Waals surface area contributed by atoms with Gasteiger partial charge in [-0.05, 0) is 55.5 Å². The van der Waals surface area contributed by atoms with Gasteiger partial charge in [-0.3, -0.25) is 0 Å². The minimum absolute atomic E-state index is 0.0753. The number of rotatable bonds is 10. The number of hydrogen-bond acceptors (Lipinski definition) is 6. The molecule has 8 heteroatoms. The third kappa shape index (κ3) is 6.12. The molecule has 0 aliphatic carbocycles. The van der Waals surface area contributed by atoms with E-state index in [1.807, 2.05) is 13.8 Å². The maximum absolute atomic E-state index is 13.0. The highest BCUT2D eigenvalue weighted by Gasteiger charge is 2.31. The van der Waals surface area contributed by atoms with Gasteiger partial charge in [-0.15, -0.1) is 0 Å². The molecule has 182 valence electrons. The molecular weight excluding hydrogens is 454 g/mol. The summed E-state index contributed by atoms with van der Waals surface area (Å²) in [5, 5.41) is 0.784. The maximum Gasteiger partial charge on any atom is 0.336 e. The van der Waals surface area contributed by atoms with E-state index in [1.165, 1.54) is 24.3 Å². The Morgan fingerprint density at radius 2 is 1.79 bits per heavy atom. The number of aryl methyl sites for hydroxylation is 2. The quantitative estimate of drug-likeness (QED) is 0.253. The highest BCUT2D eigenvalue weighted by atomic mass is 32.2. The van der Waals surface area contributed by atoms with Crippen molar-refractivity contribution in [3.63, 3.8) is 0 Å². The zero-order valence-electron chi connectivity index (χ0n) is 20.0.